The fourth-order valence-electron chi connectivity index (χ4n) is 5.20. The van der Waals surface area contributed by atoms with E-state index in [-0.39, 0.29) is 18.5 Å². The predicted octanol–water partition coefficient (Wildman–Crippen LogP) is 3.53. The second-order valence-electron chi connectivity index (χ2n) is 9.91. The van der Waals surface area contributed by atoms with Crippen molar-refractivity contribution in [2.75, 3.05) is 19.7 Å². The standard InChI is InChI=1S/C29H33N7O3/c1-17(30)35-11-9-20(10-12-35)39-27-14-25-24(13-26(27)38-16-28(31)37)34-18(2)36(25)15-19-7-8-23(29(32)33)22-6-4-3-5-21(19)22/h3-8,13-14,20,30H,9-12,15-16H2,1-2H3,(H2,31,37)(H3,32,33). The minimum Gasteiger partial charge on any atom is -0.486 e. The lowest BCUT2D eigenvalue weighted by atomic mass is 9.99. The van der Waals surface area contributed by atoms with Gasteiger partial charge < -0.3 is 30.4 Å². The van der Waals surface area contributed by atoms with Gasteiger partial charge in [-0.2, -0.15) is 0 Å². The number of nitrogen functional groups attached to an aromatic ring is 1. The van der Waals surface area contributed by atoms with Crippen molar-refractivity contribution in [3.05, 3.63) is 65.5 Å². The summed E-state index contributed by atoms with van der Waals surface area (Å²) in [7, 11) is 0. The largest absolute Gasteiger partial charge is 0.486 e. The van der Waals surface area contributed by atoms with E-state index in [1.54, 1.807) is 13.0 Å². The van der Waals surface area contributed by atoms with Gasteiger partial charge in [-0.3, -0.25) is 15.6 Å². The second-order valence-corrected chi connectivity index (χ2v) is 9.91. The Morgan fingerprint density at radius 2 is 1.77 bits per heavy atom. The number of imidazole rings is 1. The van der Waals surface area contributed by atoms with E-state index in [1.165, 1.54) is 0 Å². The molecule has 4 aromatic rings. The molecule has 1 aromatic heterocycles. The summed E-state index contributed by atoms with van der Waals surface area (Å²) in [6.07, 6.45) is 1.50. The molecule has 0 radical (unpaired) electrons. The van der Waals surface area contributed by atoms with Gasteiger partial charge in [0.1, 0.15) is 17.8 Å². The number of hydrogen-bond donors (Lipinski definition) is 4. The van der Waals surface area contributed by atoms with Gasteiger partial charge in [-0.15, -0.1) is 0 Å². The molecule has 0 aliphatic carbocycles. The van der Waals surface area contributed by atoms with Gasteiger partial charge in [0.2, 0.25) is 0 Å². The summed E-state index contributed by atoms with van der Waals surface area (Å²) in [6.45, 7) is 5.54. The molecular weight excluding hydrogens is 494 g/mol. The SMILES string of the molecule is CC(=N)N1CCC(Oc2cc3c(cc2OCC(N)=O)nc(C)n3Cc2ccc(C(=N)N)c3ccccc23)CC1. The molecule has 0 atom stereocenters. The van der Waals surface area contributed by atoms with Crippen LogP contribution in [0.25, 0.3) is 21.8 Å². The number of hydrogen-bond acceptors (Lipinski definition) is 6. The number of benzene rings is 3. The molecule has 1 saturated heterocycles. The third-order valence-corrected chi connectivity index (χ3v) is 7.22. The zero-order chi connectivity index (χ0) is 27.7. The smallest absolute Gasteiger partial charge is 0.255 e. The van der Waals surface area contributed by atoms with Crippen LogP contribution in [0.1, 0.15) is 36.7 Å². The van der Waals surface area contributed by atoms with Crippen LogP contribution in [0.15, 0.2) is 48.5 Å². The number of rotatable bonds is 8. The number of aromatic nitrogens is 2. The van der Waals surface area contributed by atoms with Gasteiger partial charge in [0.05, 0.1) is 16.9 Å². The van der Waals surface area contributed by atoms with Crippen LogP contribution in [-0.4, -0.2) is 57.8 Å². The molecular formula is C29H33N7O3. The number of piperidine rings is 1. The molecule has 0 spiro atoms. The first-order chi connectivity index (χ1) is 18.7. The number of nitrogens with two attached hydrogens (primary N) is 2. The molecule has 0 bridgehead atoms. The van der Waals surface area contributed by atoms with Crippen molar-refractivity contribution >= 4 is 39.4 Å². The fraction of sp³-hybridized carbons (Fsp3) is 0.310. The van der Waals surface area contributed by atoms with Crippen LogP contribution in [0.2, 0.25) is 0 Å². The molecule has 202 valence electrons. The highest BCUT2D eigenvalue weighted by molar-refractivity contribution is 6.08. The number of amidine groups is 2. The van der Waals surface area contributed by atoms with Gasteiger partial charge in [0, 0.05) is 50.2 Å². The molecule has 10 heteroatoms. The number of nitrogens with zero attached hydrogens (tertiary/aromatic N) is 3. The molecule has 1 aliphatic heterocycles. The molecule has 5 rings (SSSR count). The van der Waals surface area contributed by atoms with E-state index < -0.39 is 5.91 Å². The summed E-state index contributed by atoms with van der Waals surface area (Å²) in [5, 5.41) is 17.8. The van der Waals surface area contributed by atoms with E-state index in [4.69, 9.17) is 36.7 Å². The Balaban J connectivity index is 1.52. The summed E-state index contributed by atoms with van der Waals surface area (Å²) in [5.74, 6) is 1.80. The summed E-state index contributed by atoms with van der Waals surface area (Å²) in [6, 6.07) is 15.6. The average Bonchev–Trinajstić information content (AvgIpc) is 3.21. The van der Waals surface area contributed by atoms with Gasteiger partial charge >= 0.3 is 0 Å². The topological polar surface area (TPSA) is 156 Å². The zero-order valence-corrected chi connectivity index (χ0v) is 22.2. The molecule has 1 fully saturated rings. The Morgan fingerprint density at radius 1 is 1.05 bits per heavy atom. The van der Waals surface area contributed by atoms with Gasteiger partial charge in [0.15, 0.2) is 18.1 Å². The van der Waals surface area contributed by atoms with Crippen LogP contribution in [0.5, 0.6) is 11.5 Å². The third kappa shape index (κ3) is 5.36. The molecule has 2 heterocycles. The van der Waals surface area contributed by atoms with Crippen LogP contribution in [-0.2, 0) is 11.3 Å². The number of fused-ring (bicyclic) bond motifs is 2. The molecule has 0 unspecified atom stereocenters. The highest BCUT2D eigenvalue weighted by Crippen LogP contribution is 2.35. The van der Waals surface area contributed by atoms with Crippen LogP contribution < -0.4 is 20.9 Å². The van der Waals surface area contributed by atoms with E-state index >= 15 is 0 Å². The quantitative estimate of drug-likeness (QED) is 0.203. The van der Waals surface area contributed by atoms with Crippen LogP contribution in [0.3, 0.4) is 0 Å². The van der Waals surface area contributed by atoms with E-state index in [1.807, 2.05) is 54.3 Å². The van der Waals surface area contributed by atoms with Crippen LogP contribution in [0.4, 0.5) is 0 Å². The number of primary amides is 1. The van der Waals surface area contributed by atoms with Crippen LogP contribution in [0, 0.1) is 17.7 Å². The van der Waals surface area contributed by atoms with Gasteiger partial charge in [-0.25, -0.2) is 4.98 Å². The van der Waals surface area contributed by atoms with Crippen molar-refractivity contribution in [2.45, 2.75) is 39.3 Å². The second kappa shape index (κ2) is 10.6. The fourth-order valence-corrected chi connectivity index (χ4v) is 5.20. The van der Waals surface area contributed by atoms with E-state index in [2.05, 4.69) is 4.57 Å². The monoisotopic (exact) mass is 527 g/mol. The maximum Gasteiger partial charge on any atom is 0.255 e. The lowest BCUT2D eigenvalue weighted by molar-refractivity contribution is -0.119. The van der Waals surface area contributed by atoms with Crippen molar-refractivity contribution in [3.8, 4) is 11.5 Å². The minimum absolute atomic E-state index is 0.0360. The van der Waals surface area contributed by atoms with E-state index in [0.717, 1.165) is 59.1 Å². The number of carbonyl (C=O) groups excluding carboxylic acids is 1. The first kappa shape index (κ1) is 26.0. The van der Waals surface area contributed by atoms with Gasteiger partial charge in [-0.05, 0) is 30.2 Å². The molecule has 0 saturated carbocycles. The Bertz CT molecular complexity index is 1590. The number of aryl methyl sites for hydroxylation is 1. The summed E-state index contributed by atoms with van der Waals surface area (Å²) >= 11 is 0. The Morgan fingerprint density at radius 3 is 2.44 bits per heavy atom. The van der Waals surface area contributed by atoms with Gasteiger partial charge in [-0.1, -0.05) is 36.4 Å². The maximum absolute atomic E-state index is 11.5. The summed E-state index contributed by atoms with van der Waals surface area (Å²) in [5.41, 5.74) is 14.6. The lowest BCUT2D eigenvalue weighted by Crippen LogP contribution is -2.40. The molecule has 6 N–H and O–H groups in total. The van der Waals surface area contributed by atoms with Crippen molar-refractivity contribution in [1.29, 1.82) is 10.8 Å². The number of carbonyl (C=O) groups is 1. The minimum atomic E-state index is -0.571. The number of likely N-dealkylation sites (tertiary alicyclic amines) is 1. The summed E-state index contributed by atoms with van der Waals surface area (Å²) < 4.78 is 14.3. The number of nitrogens with one attached hydrogen (secondary N) is 2. The van der Waals surface area contributed by atoms with Crippen molar-refractivity contribution < 1.29 is 14.3 Å². The average molecular weight is 528 g/mol. The highest BCUT2D eigenvalue weighted by Gasteiger charge is 2.23. The Hall–Kier alpha value is -4.60. The first-order valence-electron chi connectivity index (χ1n) is 12.9. The normalized spacial score (nSPS) is 14.1. The van der Waals surface area contributed by atoms with E-state index in [9.17, 15) is 4.79 Å². The molecule has 3 aromatic carbocycles. The first-order valence-corrected chi connectivity index (χ1v) is 12.9. The van der Waals surface area contributed by atoms with Crippen molar-refractivity contribution in [1.82, 2.24) is 14.5 Å². The third-order valence-electron chi connectivity index (χ3n) is 7.22. The van der Waals surface area contributed by atoms with Crippen molar-refractivity contribution in [3.63, 3.8) is 0 Å². The molecule has 10 nitrogen and oxygen atoms in total. The van der Waals surface area contributed by atoms with Gasteiger partial charge in [0.25, 0.3) is 5.91 Å². The molecule has 39 heavy (non-hydrogen) atoms. The zero-order valence-electron chi connectivity index (χ0n) is 22.2. The Kier molecular flexibility index (Phi) is 7.10. The lowest BCUT2D eigenvalue weighted by Gasteiger charge is -2.33. The number of ether oxygens (including phenoxy) is 2. The Labute approximate surface area is 226 Å². The maximum atomic E-state index is 11.5. The van der Waals surface area contributed by atoms with Crippen LogP contribution >= 0.6 is 0 Å². The number of amides is 1. The highest BCUT2D eigenvalue weighted by atomic mass is 16.5. The molecule has 1 amide bonds. The summed E-state index contributed by atoms with van der Waals surface area (Å²) in [4.78, 5) is 18.3. The predicted molar refractivity (Wildman–Crippen MR) is 152 cm³/mol. The van der Waals surface area contributed by atoms with E-state index in [0.29, 0.717) is 29.4 Å². The molecule has 1 aliphatic rings. The van der Waals surface area contributed by atoms with Crippen molar-refractivity contribution in [2.24, 2.45) is 11.5 Å².